The van der Waals surface area contributed by atoms with Gasteiger partial charge in [-0.15, -0.1) is 0 Å². The molecule has 0 spiro atoms. The Labute approximate surface area is 161 Å². The molecule has 7 heteroatoms. The SMILES string of the molecule is O=C(c1cccc2cc(Nc3n[nH]c4cccnc34)ccc12)N1CCNCC1. The van der Waals surface area contributed by atoms with Gasteiger partial charge in [0.1, 0.15) is 5.52 Å². The van der Waals surface area contributed by atoms with Crippen LogP contribution in [0.5, 0.6) is 0 Å². The van der Waals surface area contributed by atoms with E-state index in [-0.39, 0.29) is 5.91 Å². The minimum atomic E-state index is 0.0929. The maximum Gasteiger partial charge on any atom is 0.254 e. The molecule has 3 heterocycles. The Morgan fingerprint density at radius 2 is 1.96 bits per heavy atom. The molecule has 7 nitrogen and oxygen atoms in total. The van der Waals surface area contributed by atoms with E-state index in [4.69, 9.17) is 0 Å². The summed E-state index contributed by atoms with van der Waals surface area (Å²) in [5.74, 6) is 0.776. The number of benzene rings is 2. The van der Waals surface area contributed by atoms with Crippen LogP contribution in [0.1, 0.15) is 10.4 Å². The molecule has 140 valence electrons. The molecule has 1 amide bonds. The largest absolute Gasteiger partial charge is 0.337 e. The van der Waals surface area contributed by atoms with Crippen LogP contribution in [0.15, 0.2) is 54.7 Å². The molecule has 1 aliphatic heterocycles. The minimum absolute atomic E-state index is 0.0929. The summed E-state index contributed by atoms with van der Waals surface area (Å²) in [5.41, 5.74) is 3.33. The molecular formula is C21H20N6O. The van der Waals surface area contributed by atoms with E-state index in [1.54, 1.807) is 6.20 Å². The highest BCUT2D eigenvalue weighted by atomic mass is 16.2. The van der Waals surface area contributed by atoms with Crippen molar-refractivity contribution in [3.8, 4) is 0 Å². The van der Waals surface area contributed by atoms with Gasteiger partial charge in [-0.2, -0.15) is 5.10 Å². The van der Waals surface area contributed by atoms with Gasteiger partial charge in [0.25, 0.3) is 5.91 Å². The summed E-state index contributed by atoms with van der Waals surface area (Å²) < 4.78 is 0. The Kier molecular flexibility index (Phi) is 4.14. The van der Waals surface area contributed by atoms with E-state index < -0.39 is 0 Å². The van der Waals surface area contributed by atoms with Gasteiger partial charge < -0.3 is 15.5 Å². The van der Waals surface area contributed by atoms with Crippen LogP contribution in [0.25, 0.3) is 21.8 Å². The Morgan fingerprint density at radius 3 is 2.86 bits per heavy atom. The number of aromatic amines is 1. The summed E-state index contributed by atoms with van der Waals surface area (Å²) in [6, 6.07) is 15.7. The lowest BCUT2D eigenvalue weighted by atomic mass is 10.0. The lowest BCUT2D eigenvalue weighted by Crippen LogP contribution is -2.46. The molecule has 28 heavy (non-hydrogen) atoms. The van der Waals surface area contributed by atoms with Crippen LogP contribution in [0.4, 0.5) is 11.5 Å². The summed E-state index contributed by atoms with van der Waals surface area (Å²) in [7, 11) is 0. The van der Waals surface area contributed by atoms with Crippen molar-refractivity contribution in [2.24, 2.45) is 0 Å². The standard InChI is InChI=1S/C21H20N6O/c28-21(27-11-9-22-10-12-27)17-4-1-3-14-13-15(6-7-16(14)17)24-20-19-18(25-26-20)5-2-8-23-19/h1-8,13,22H,9-12H2,(H2,24,25,26). The molecule has 0 saturated carbocycles. The quantitative estimate of drug-likeness (QED) is 0.515. The van der Waals surface area contributed by atoms with E-state index in [9.17, 15) is 4.79 Å². The lowest BCUT2D eigenvalue weighted by molar-refractivity contribution is 0.0738. The zero-order chi connectivity index (χ0) is 18.9. The number of fused-ring (bicyclic) bond motifs is 2. The fourth-order valence-corrected chi connectivity index (χ4v) is 3.66. The molecule has 0 radical (unpaired) electrons. The average Bonchev–Trinajstić information content (AvgIpc) is 3.16. The zero-order valence-corrected chi connectivity index (χ0v) is 15.3. The Bertz CT molecular complexity index is 1160. The van der Waals surface area contributed by atoms with Gasteiger partial charge in [0.2, 0.25) is 0 Å². The highest BCUT2D eigenvalue weighted by Gasteiger charge is 2.19. The summed E-state index contributed by atoms with van der Waals surface area (Å²) in [5, 5.41) is 15.9. The third-order valence-electron chi connectivity index (χ3n) is 5.10. The van der Waals surface area contributed by atoms with Crippen molar-refractivity contribution < 1.29 is 4.79 Å². The van der Waals surface area contributed by atoms with E-state index in [1.165, 1.54) is 0 Å². The van der Waals surface area contributed by atoms with Gasteiger partial charge >= 0.3 is 0 Å². The highest BCUT2D eigenvalue weighted by Crippen LogP contribution is 2.27. The summed E-state index contributed by atoms with van der Waals surface area (Å²) >= 11 is 0. The van der Waals surface area contributed by atoms with Crippen molar-refractivity contribution >= 4 is 39.2 Å². The predicted molar refractivity (Wildman–Crippen MR) is 110 cm³/mol. The molecule has 0 atom stereocenters. The maximum absolute atomic E-state index is 13.0. The van der Waals surface area contributed by atoms with Crippen molar-refractivity contribution in [2.45, 2.75) is 0 Å². The van der Waals surface area contributed by atoms with Crippen LogP contribution in [0, 0.1) is 0 Å². The number of nitrogens with one attached hydrogen (secondary N) is 3. The third kappa shape index (κ3) is 2.95. The number of aromatic nitrogens is 3. The Morgan fingerprint density at radius 1 is 1.07 bits per heavy atom. The van der Waals surface area contributed by atoms with Crippen LogP contribution in [0.3, 0.4) is 0 Å². The normalized spacial score (nSPS) is 14.5. The number of H-pyrrole nitrogens is 1. The van der Waals surface area contributed by atoms with Gasteiger partial charge in [0, 0.05) is 43.6 Å². The number of rotatable bonds is 3. The Hall–Kier alpha value is -3.45. The van der Waals surface area contributed by atoms with Gasteiger partial charge in [-0.3, -0.25) is 14.9 Å². The number of piperazine rings is 1. The maximum atomic E-state index is 13.0. The first-order chi connectivity index (χ1) is 13.8. The smallest absolute Gasteiger partial charge is 0.254 e. The first-order valence-corrected chi connectivity index (χ1v) is 9.38. The van der Waals surface area contributed by atoms with Crippen molar-refractivity contribution in [3.63, 3.8) is 0 Å². The number of carbonyl (C=O) groups excluding carboxylic acids is 1. The van der Waals surface area contributed by atoms with Crippen molar-refractivity contribution in [3.05, 3.63) is 60.3 Å². The van der Waals surface area contributed by atoms with Gasteiger partial charge in [0.05, 0.1) is 5.52 Å². The number of nitrogens with zero attached hydrogens (tertiary/aromatic N) is 3. The molecule has 5 rings (SSSR count). The molecule has 1 aliphatic rings. The zero-order valence-electron chi connectivity index (χ0n) is 15.3. The predicted octanol–water partition coefficient (Wildman–Crippen LogP) is 2.90. The van der Waals surface area contributed by atoms with E-state index in [0.717, 1.165) is 59.2 Å². The molecule has 1 saturated heterocycles. The van der Waals surface area contributed by atoms with E-state index >= 15 is 0 Å². The monoisotopic (exact) mass is 372 g/mol. The van der Waals surface area contributed by atoms with Crippen LogP contribution in [-0.4, -0.2) is 52.2 Å². The van der Waals surface area contributed by atoms with Crippen LogP contribution in [0.2, 0.25) is 0 Å². The molecular weight excluding hydrogens is 352 g/mol. The van der Waals surface area contributed by atoms with Crippen molar-refractivity contribution in [2.75, 3.05) is 31.5 Å². The molecule has 0 aliphatic carbocycles. The molecule has 1 fully saturated rings. The van der Waals surface area contributed by atoms with Gasteiger partial charge in [-0.05, 0) is 41.1 Å². The number of anilines is 2. The lowest BCUT2D eigenvalue weighted by Gasteiger charge is -2.27. The number of carbonyl (C=O) groups is 1. The summed E-state index contributed by atoms with van der Waals surface area (Å²) in [6.45, 7) is 3.18. The highest BCUT2D eigenvalue weighted by molar-refractivity contribution is 6.07. The fraction of sp³-hybridized carbons (Fsp3) is 0.190. The molecule has 2 aromatic carbocycles. The third-order valence-corrected chi connectivity index (χ3v) is 5.10. The topological polar surface area (TPSA) is 85.9 Å². The van der Waals surface area contributed by atoms with Gasteiger partial charge in [-0.1, -0.05) is 18.2 Å². The number of hydrogen-bond acceptors (Lipinski definition) is 5. The van der Waals surface area contributed by atoms with Gasteiger partial charge in [-0.25, -0.2) is 0 Å². The molecule has 2 aromatic heterocycles. The molecule has 3 N–H and O–H groups in total. The van der Waals surface area contributed by atoms with Crippen LogP contribution in [-0.2, 0) is 0 Å². The van der Waals surface area contributed by atoms with Crippen molar-refractivity contribution in [1.29, 1.82) is 0 Å². The first-order valence-electron chi connectivity index (χ1n) is 9.38. The molecule has 0 bridgehead atoms. The average molecular weight is 372 g/mol. The number of pyridine rings is 1. The van der Waals surface area contributed by atoms with Crippen LogP contribution >= 0.6 is 0 Å². The van der Waals surface area contributed by atoms with Crippen LogP contribution < -0.4 is 10.6 Å². The molecule has 4 aromatic rings. The molecule has 0 unspecified atom stereocenters. The van der Waals surface area contributed by atoms with E-state index in [1.807, 2.05) is 53.4 Å². The summed E-state index contributed by atoms with van der Waals surface area (Å²) in [4.78, 5) is 19.3. The fourth-order valence-electron chi connectivity index (χ4n) is 3.66. The van der Waals surface area contributed by atoms with Gasteiger partial charge in [0.15, 0.2) is 5.82 Å². The first kappa shape index (κ1) is 16.7. The summed E-state index contributed by atoms with van der Waals surface area (Å²) in [6.07, 6.45) is 1.75. The number of amides is 1. The number of hydrogen-bond donors (Lipinski definition) is 3. The van der Waals surface area contributed by atoms with E-state index in [0.29, 0.717) is 5.82 Å². The Balaban J connectivity index is 1.47. The van der Waals surface area contributed by atoms with Crippen molar-refractivity contribution in [1.82, 2.24) is 25.4 Å². The second-order valence-electron chi connectivity index (χ2n) is 6.88. The second kappa shape index (κ2) is 6.94. The second-order valence-corrected chi connectivity index (χ2v) is 6.88. The van der Waals surface area contributed by atoms with E-state index in [2.05, 4.69) is 25.8 Å². The minimum Gasteiger partial charge on any atom is -0.337 e.